The number of fused-ring (bicyclic) bond motifs is 1. The fraction of sp³-hybridized carbons (Fsp3) is 0.846. The van der Waals surface area contributed by atoms with Crippen molar-refractivity contribution in [3.05, 3.63) is 11.6 Å². The molecule has 4 heteroatoms. The Labute approximate surface area is 102 Å². The third-order valence-electron chi connectivity index (χ3n) is 3.97. The maximum atomic E-state index is 5.43. The molecule has 0 atom stereocenters. The molecule has 1 aromatic heterocycles. The largest absolute Gasteiger partial charge is 0.381 e. The monoisotopic (exact) mass is 235 g/mol. The van der Waals surface area contributed by atoms with Crippen LogP contribution in [0.15, 0.2) is 0 Å². The molecule has 1 saturated heterocycles. The lowest BCUT2D eigenvalue weighted by molar-refractivity contribution is 0.0826. The van der Waals surface area contributed by atoms with Crippen molar-refractivity contribution in [1.82, 2.24) is 14.8 Å². The zero-order valence-corrected chi connectivity index (χ0v) is 10.4. The van der Waals surface area contributed by atoms with Crippen LogP contribution in [0.3, 0.4) is 0 Å². The first-order chi connectivity index (χ1) is 8.45. The molecule has 1 fully saturated rings. The van der Waals surface area contributed by atoms with Crippen molar-refractivity contribution in [3.63, 3.8) is 0 Å². The van der Waals surface area contributed by atoms with Crippen molar-refractivity contribution in [2.45, 2.75) is 57.4 Å². The van der Waals surface area contributed by atoms with Crippen LogP contribution < -0.4 is 0 Å². The first-order valence-corrected chi connectivity index (χ1v) is 6.95. The van der Waals surface area contributed by atoms with Gasteiger partial charge in [-0.25, -0.2) is 0 Å². The fourth-order valence-corrected chi connectivity index (χ4v) is 2.94. The predicted octanol–water partition coefficient (Wildman–Crippen LogP) is 2.29. The van der Waals surface area contributed by atoms with Crippen LogP contribution in [0.2, 0.25) is 0 Å². The molecular weight excluding hydrogens is 214 g/mol. The first kappa shape index (κ1) is 11.2. The summed E-state index contributed by atoms with van der Waals surface area (Å²) in [6.45, 7) is 2.88. The molecular formula is C13H21N3O. The van der Waals surface area contributed by atoms with Crippen LogP contribution in [0.4, 0.5) is 0 Å². The minimum Gasteiger partial charge on any atom is -0.381 e. The Morgan fingerprint density at radius 2 is 1.82 bits per heavy atom. The van der Waals surface area contributed by atoms with Crippen LogP contribution in [-0.2, 0) is 17.7 Å². The lowest BCUT2D eigenvalue weighted by Gasteiger charge is -2.23. The Morgan fingerprint density at radius 3 is 2.71 bits per heavy atom. The summed E-state index contributed by atoms with van der Waals surface area (Å²) < 4.78 is 7.83. The zero-order chi connectivity index (χ0) is 11.5. The lowest BCUT2D eigenvalue weighted by atomic mass is 9.99. The molecule has 0 amide bonds. The summed E-state index contributed by atoms with van der Waals surface area (Å²) in [5, 5.41) is 8.87. The second kappa shape index (κ2) is 5.17. The van der Waals surface area contributed by atoms with Crippen molar-refractivity contribution in [3.8, 4) is 0 Å². The van der Waals surface area contributed by atoms with Crippen molar-refractivity contribution < 1.29 is 4.74 Å². The molecule has 0 spiro atoms. The summed E-state index contributed by atoms with van der Waals surface area (Å²) >= 11 is 0. The lowest BCUT2D eigenvalue weighted by Crippen LogP contribution is -2.19. The molecule has 0 aliphatic carbocycles. The SMILES string of the molecule is C1CCCn2c(nnc2C2CCOCC2)CC1. The van der Waals surface area contributed by atoms with Gasteiger partial charge < -0.3 is 9.30 Å². The molecule has 17 heavy (non-hydrogen) atoms. The first-order valence-electron chi connectivity index (χ1n) is 6.95. The van der Waals surface area contributed by atoms with Crippen molar-refractivity contribution in [1.29, 1.82) is 0 Å². The van der Waals surface area contributed by atoms with E-state index in [1.165, 1.54) is 37.3 Å². The number of aromatic nitrogens is 3. The van der Waals surface area contributed by atoms with Crippen LogP contribution in [0, 0.1) is 0 Å². The van der Waals surface area contributed by atoms with Crippen molar-refractivity contribution in [2.75, 3.05) is 13.2 Å². The van der Waals surface area contributed by atoms with Crippen LogP contribution in [0.1, 0.15) is 56.1 Å². The Morgan fingerprint density at radius 1 is 1.00 bits per heavy atom. The van der Waals surface area contributed by atoms with Gasteiger partial charge in [0.15, 0.2) is 0 Å². The van der Waals surface area contributed by atoms with Gasteiger partial charge in [-0.1, -0.05) is 12.8 Å². The number of hydrogen-bond acceptors (Lipinski definition) is 3. The quantitative estimate of drug-likeness (QED) is 0.749. The summed E-state index contributed by atoms with van der Waals surface area (Å²) in [7, 11) is 0. The second-order valence-corrected chi connectivity index (χ2v) is 5.18. The fourth-order valence-electron chi connectivity index (χ4n) is 2.94. The average molecular weight is 235 g/mol. The summed E-state index contributed by atoms with van der Waals surface area (Å²) in [5.74, 6) is 3.01. The molecule has 4 nitrogen and oxygen atoms in total. The van der Waals surface area contributed by atoms with Crippen molar-refractivity contribution in [2.24, 2.45) is 0 Å². The van der Waals surface area contributed by atoms with Gasteiger partial charge in [0.2, 0.25) is 0 Å². The topological polar surface area (TPSA) is 39.9 Å². The molecule has 1 aromatic rings. The summed E-state index contributed by atoms with van der Waals surface area (Å²) in [6.07, 6.45) is 8.57. The van der Waals surface area contributed by atoms with Gasteiger partial charge >= 0.3 is 0 Å². The normalized spacial score (nSPS) is 22.8. The molecule has 2 aliphatic rings. The van der Waals surface area contributed by atoms with Gasteiger partial charge in [-0.05, 0) is 25.7 Å². The molecule has 0 radical (unpaired) electrons. The van der Waals surface area contributed by atoms with Gasteiger partial charge in [0.25, 0.3) is 0 Å². The van der Waals surface area contributed by atoms with E-state index < -0.39 is 0 Å². The predicted molar refractivity (Wildman–Crippen MR) is 65.0 cm³/mol. The minimum absolute atomic E-state index is 0.574. The Bertz CT molecular complexity index is 369. The Kier molecular flexibility index (Phi) is 3.41. The van der Waals surface area contributed by atoms with E-state index in [0.29, 0.717) is 5.92 Å². The molecule has 3 rings (SSSR count). The molecule has 94 valence electrons. The molecule has 0 saturated carbocycles. The average Bonchev–Trinajstić information content (AvgIpc) is 2.72. The highest BCUT2D eigenvalue weighted by Gasteiger charge is 2.23. The van der Waals surface area contributed by atoms with Gasteiger partial charge in [0, 0.05) is 32.1 Å². The molecule has 0 N–H and O–H groups in total. The Balaban J connectivity index is 1.83. The van der Waals surface area contributed by atoms with Gasteiger partial charge in [0.05, 0.1) is 0 Å². The summed E-state index contributed by atoms with van der Waals surface area (Å²) in [6, 6.07) is 0. The highest BCUT2D eigenvalue weighted by atomic mass is 16.5. The molecule has 2 aliphatic heterocycles. The van der Waals surface area contributed by atoms with Crippen LogP contribution in [0.5, 0.6) is 0 Å². The van der Waals surface area contributed by atoms with E-state index in [4.69, 9.17) is 4.74 Å². The maximum absolute atomic E-state index is 5.43. The molecule has 0 aromatic carbocycles. The highest BCUT2D eigenvalue weighted by Crippen LogP contribution is 2.27. The number of hydrogen-bond donors (Lipinski definition) is 0. The maximum Gasteiger partial charge on any atom is 0.136 e. The van der Waals surface area contributed by atoms with Crippen LogP contribution in [0.25, 0.3) is 0 Å². The minimum atomic E-state index is 0.574. The molecule has 0 bridgehead atoms. The van der Waals surface area contributed by atoms with Crippen LogP contribution >= 0.6 is 0 Å². The van der Waals surface area contributed by atoms with E-state index in [1.54, 1.807) is 0 Å². The third-order valence-corrected chi connectivity index (χ3v) is 3.97. The number of rotatable bonds is 1. The van der Waals surface area contributed by atoms with E-state index in [1.807, 2.05) is 0 Å². The summed E-state index contributed by atoms with van der Waals surface area (Å²) in [5.41, 5.74) is 0. The van der Waals surface area contributed by atoms with Gasteiger partial charge in [0.1, 0.15) is 11.6 Å². The standard InChI is InChI=1S/C13H21N3O/c1-2-4-8-16-12(5-3-1)14-15-13(16)11-6-9-17-10-7-11/h11H,1-10H2. The second-order valence-electron chi connectivity index (χ2n) is 5.18. The third kappa shape index (κ3) is 2.37. The van der Waals surface area contributed by atoms with Crippen molar-refractivity contribution >= 4 is 0 Å². The van der Waals surface area contributed by atoms with Crippen LogP contribution in [-0.4, -0.2) is 28.0 Å². The van der Waals surface area contributed by atoms with Gasteiger partial charge in [-0.15, -0.1) is 10.2 Å². The van der Waals surface area contributed by atoms with E-state index in [9.17, 15) is 0 Å². The van der Waals surface area contributed by atoms with E-state index >= 15 is 0 Å². The molecule has 0 unspecified atom stereocenters. The number of aryl methyl sites for hydroxylation is 1. The Hall–Kier alpha value is -0.900. The molecule has 3 heterocycles. The van der Waals surface area contributed by atoms with E-state index in [0.717, 1.165) is 39.0 Å². The number of nitrogens with zero attached hydrogens (tertiary/aromatic N) is 3. The zero-order valence-electron chi connectivity index (χ0n) is 10.4. The summed E-state index contributed by atoms with van der Waals surface area (Å²) in [4.78, 5) is 0. The highest BCUT2D eigenvalue weighted by molar-refractivity contribution is 5.04. The number of ether oxygens (including phenoxy) is 1. The van der Waals surface area contributed by atoms with Gasteiger partial charge in [-0.2, -0.15) is 0 Å². The van der Waals surface area contributed by atoms with Gasteiger partial charge in [-0.3, -0.25) is 0 Å². The van der Waals surface area contributed by atoms with E-state index in [2.05, 4.69) is 14.8 Å². The smallest absolute Gasteiger partial charge is 0.136 e. The van der Waals surface area contributed by atoms with E-state index in [-0.39, 0.29) is 0 Å².